The number of hydrogen-bond acceptors (Lipinski definition) is 4. The van der Waals surface area contributed by atoms with Crippen LogP contribution in [-0.4, -0.2) is 82.1 Å². The van der Waals surface area contributed by atoms with Gasteiger partial charge in [-0.3, -0.25) is 4.79 Å². The van der Waals surface area contributed by atoms with Crippen LogP contribution < -0.4 is 15.0 Å². The Kier molecular flexibility index (Phi) is 7.76. The van der Waals surface area contributed by atoms with Crippen molar-refractivity contribution in [3.8, 4) is 5.75 Å². The Morgan fingerprint density at radius 3 is 2.56 bits per heavy atom. The van der Waals surface area contributed by atoms with Gasteiger partial charge in [0.15, 0.2) is 5.96 Å². The minimum absolute atomic E-state index is 0.00821. The number of benzene rings is 1. The summed E-state index contributed by atoms with van der Waals surface area (Å²) in [7, 11) is 5.20. The number of nitrogens with zero attached hydrogens (tertiary/aromatic N) is 4. The highest BCUT2D eigenvalue weighted by molar-refractivity contribution is 5.85. The van der Waals surface area contributed by atoms with Crippen LogP contribution in [0.25, 0.3) is 0 Å². The molecule has 1 aliphatic rings. The monoisotopic (exact) mass is 375 g/mol. The normalized spacial score (nSPS) is 15.1. The number of ether oxygens (including phenoxy) is 1. The van der Waals surface area contributed by atoms with Gasteiger partial charge in [-0.2, -0.15) is 0 Å². The lowest BCUT2D eigenvalue weighted by molar-refractivity contribution is -0.127. The molecule has 1 aromatic rings. The summed E-state index contributed by atoms with van der Waals surface area (Å²) in [6.07, 6.45) is 0. The highest BCUT2D eigenvalue weighted by Crippen LogP contribution is 2.22. The van der Waals surface area contributed by atoms with E-state index in [9.17, 15) is 4.79 Å². The molecule has 0 radical (unpaired) electrons. The molecule has 0 aliphatic carbocycles. The van der Waals surface area contributed by atoms with Crippen molar-refractivity contribution in [2.24, 2.45) is 10.9 Å². The predicted octanol–water partition coefficient (Wildman–Crippen LogP) is 1.51. The molecule has 1 saturated heterocycles. The number of hydrogen-bond donors (Lipinski definition) is 1. The maximum atomic E-state index is 11.9. The summed E-state index contributed by atoms with van der Waals surface area (Å²) in [5.74, 6) is 2.22. The van der Waals surface area contributed by atoms with Crippen LogP contribution in [0.15, 0.2) is 29.3 Å². The molecule has 0 spiro atoms. The fourth-order valence-corrected chi connectivity index (χ4v) is 2.83. The predicted molar refractivity (Wildman–Crippen MR) is 111 cm³/mol. The van der Waals surface area contributed by atoms with Crippen LogP contribution in [0, 0.1) is 5.92 Å². The van der Waals surface area contributed by atoms with E-state index < -0.39 is 0 Å². The second kappa shape index (κ2) is 10.0. The molecular weight excluding hydrogens is 342 g/mol. The van der Waals surface area contributed by atoms with Crippen LogP contribution >= 0.6 is 0 Å². The lowest BCUT2D eigenvalue weighted by atomic mass is 10.2. The average molecular weight is 376 g/mol. The van der Waals surface area contributed by atoms with Crippen molar-refractivity contribution >= 4 is 17.6 Å². The van der Waals surface area contributed by atoms with Crippen LogP contribution in [0.5, 0.6) is 5.75 Å². The summed E-state index contributed by atoms with van der Waals surface area (Å²) in [4.78, 5) is 22.6. The quantitative estimate of drug-likeness (QED) is 0.603. The van der Waals surface area contributed by atoms with Gasteiger partial charge in [0.2, 0.25) is 5.91 Å². The first-order valence-electron chi connectivity index (χ1n) is 9.53. The molecule has 150 valence electrons. The minimum Gasteiger partial charge on any atom is -0.497 e. The molecule has 1 aromatic carbocycles. The maximum absolute atomic E-state index is 11.9. The zero-order valence-electron chi connectivity index (χ0n) is 17.2. The van der Waals surface area contributed by atoms with E-state index in [1.165, 1.54) is 5.69 Å². The third-order valence-corrected chi connectivity index (χ3v) is 4.53. The van der Waals surface area contributed by atoms with Crippen LogP contribution in [0.2, 0.25) is 0 Å². The average Bonchev–Trinajstić information content (AvgIpc) is 2.67. The molecule has 27 heavy (non-hydrogen) atoms. The van der Waals surface area contributed by atoms with Crippen molar-refractivity contribution in [3.63, 3.8) is 0 Å². The van der Waals surface area contributed by atoms with Crippen molar-refractivity contribution < 1.29 is 9.53 Å². The maximum Gasteiger partial charge on any atom is 0.243 e. The highest BCUT2D eigenvalue weighted by Gasteiger charge is 2.21. The van der Waals surface area contributed by atoms with Crippen LogP contribution in [0.1, 0.15) is 13.8 Å². The molecular formula is C20H33N5O2. The number of piperazine rings is 1. The van der Waals surface area contributed by atoms with Crippen molar-refractivity contribution in [2.75, 3.05) is 65.4 Å². The Morgan fingerprint density at radius 1 is 1.26 bits per heavy atom. The number of carbonyl (C=O) groups is 1. The number of guanidine groups is 1. The number of amides is 1. The molecule has 1 aliphatic heterocycles. The number of anilines is 1. The fraction of sp³-hybridized carbons (Fsp3) is 0.600. The summed E-state index contributed by atoms with van der Waals surface area (Å²) in [6.45, 7) is 8.85. The van der Waals surface area contributed by atoms with Gasteiger partial charge in [-0.25, -0.2) is 4.99 Å². The van der Waals surface area contributed by atoms with Gasteiger partial charge < -0.3 is 24.8 Å². The van der Waals surface area contributed by atoms with Crippen molar-refractivity contribution in [1.82, 2.24) is 15.1 Å². The Labute approximate surface area is 163 Å². The molecule has 7 heteroatoms. The number of methoxy groups -OCH3 is 1. The van der Waals surface area contributed by atoms with Gasteiger partial charge >= 0.3 is 0 Å². The van der Waals surface area contributed by atoms with E-state index in [0.29, 0.717) is 5.92 Å². The molecule has 0 unspecified atom stereocenters. The number of likely N-dealkylation sites (N-methyl/N-ethyl adjacent to an activating group) is 1. The molecule has 7 nitrogen and oxygen atoms in total. The number of carbonyl (C=O) groups excluding carboxylic acids is 1. The lowest BCUT2D eigenvalue weighted by Gasteiger charge is -2.38. The van der Waals surface area contributed by atoms with Gasteiger partial charge in [0, 0.05) is 58.6 Å². The summed E-state index contributed by atoms with van der Waals surface area (Å²) >= 11 is 0. The number of nitrogens with one attached hydrogen (secondary N) is 1. The van der Waals surface area contributed by atoms with Gasteiger partial charge in [0.1, 0.15) is 12.3 Å². The standard InChI is InChI=1S/C20H33N5O2/c1-16(2)14-21-20(22-15-19(26)23(3)4)25-11-9-24(10-12-25)17-7-6-8-18(13-17)27-5/h6-8,13,16H,9-12,14-15H2,1-5H3,(H,21,22). The lowest BCUT2D eigenvalue weighted by Crippen LogP contribution is -2.53. The third-order valence-electron chi connectivity index (χ3n) is 4.53. The SMILES string of the molecule is COc1cccc(N2CCN(C(=NCC(=O)N(C)C)NCC(C)C)CC2)c1. The first-order valence-corrected chi connectivity index (χ1v) is 9.53. The van der Waals surface area contributed by atoms with Crippen LogP contribution in [-0.2, 0) is 4.79 Å². The minimum atomic E-state index is 0.00821. The molecule has 0 atom stereocenters. The topological polar surface area (TPSA) is 60.4 Å². The van der Waals surface area contributed by atoms with Crippen LogP contribution in [0.4, 0.5) is 5.69 Å². The summed E-state index contributed by atoms with van der Waals surface area (Å²) < 4.78 is 5.33. The Balaban J connectivity index is 2.01. The molecule has 0 aromatic heterocycles. The first-order chi connectivity index (χ1) is 12.9. The van der Waals surface area contributed by atoms with Gasteiger partial charge in [-0.05, 0) is 18.1 Å². The highest BCUT2D eigenvalue weighted by atomic mass is 16.5. The van der Waals surface area contributed by atoms with Gasteiger partial charge in [0.05, 0.1) is 7.11 Å². The van der Waals surface area contributed by atoms with Gasteiger partial charge in [0.25, 0.3) is 0 Å². The third kappa shape index (κ3) is 6.34. The summed E-state index contributed by atoms with van der Waals surface area (Å²) in [6, 6.07) is 8.16. The van der Waals surface area contributed by atoms with E-state index in [-0.39, 0.29) is 12.5 Å². The molecule has 1 heterocycles. The van der Waals surface area contributed by atoms with Crippen molar-refractivity contribution in [3.05, 3.63) is 24.3 Å². The Morgan fingerprint density at radius 2 is 1.96 bits per heavy atom. The second-order valence-corrected chi connectivity index (χ2v) is 7.38. The Hall–Kier alpha value is -2.44. The molecule has 1 fully saturated rings. The van der Waals surface area contributed by atoms with E-state index in [1.54, 1.807) is 26.1 Å². The molecule has 2 rings (SSSR count). The molecule has 0 bridgehead atoms. The molecule has 1 amide bonds. The van der Waals surface area contributed by atoms with E-state index in [2.05, 4.69) is 46.1 Å². The largest absolute Gasteiger partial charge is 0.497 e. The molecule has 0 saturated carbocycles. The number of aliphatic imine (C=N–C) groups is 1. The van der Waals surface area contributed by atoms with E-state index in [0.717, 1.165) is 44.4 Å². The summed E-state index contributed by atoms with van der Waals surface area (Å²) in [5, 5.41) is 3.42. The smallest absolute Gasteiger partial charge is 0.243 e. The van der Waals surface area contributed by atoms with E-state index in [1.807, 2.05) is 12.1 Å². The first kappa shape index (κ1) is 20.9. The van der Waals surface area contributed by atoms with Crippen LogP contribution in [0.3, 0.4) is 0 Å². The van der Waals surface area contributed by atoms with Gasteiger partial charge in [-0.1, -0.05) is 19.9 Å². The van der Waals surface area contributed by atoms with Crippen molar-refractivity contribution in [1.29, 1.82) is 0 Å². The molecule has 1 N–H and O–H groups in total. The Bertz CT molecular complexity index is 637. The van der Waals surface area contributed by atoms with E-state index >= 15 is 0 Å². The second-order valence-electron chi connectivity index (χ2n) is 7.38. The summed E-state index contributed by atoms with van der Waals surface area (Å²) in [5.41, 5.74) is 1.17. The number of rotatable bonds is 6. The zero-order valence-corrected chi connectivity index (χ0v) is 17.2. The van der Waals surface area contributed by atoms with Gasteiger partial charge in [-0.15, -0.1) is 0 Å². The van der Waals surface area contributed by atoms with Crippen molar-refractivity contribution in [2.45, 2.75) is 13.8 Å². The zero-order chi connectivity index (χ0) is 19.8. The fourth-order valence-electron chi connectivity index (χ4n) is 2.83. The van der Waals surface area contributed by atoms with E-state index in [4.69, 9.17) is 4.74 Å².